The third-order valence-corrected chi connectivity index (χ3v) is 2.93. The molecule has 1 rings (SSSR count). The van der Waals surface area contributed by atoms with Crippen LogP contribution in [0, 0.1) is 5.41 Å². The summed E-state index contributed by atoms with van der Waals surface area (Å²) in [7, 11) is 0. The molecule has 1 N–H and O–H groups in total. The van der Waals surface area contributed by atoms with Crippen molar-refractivity contribution in [3.63, 3.8) is 0 Å². The minimum Gasteiger partial charge on any atom is -0.386 e. The minimum absolute atomic E-state index is 0.0298. The summed E-state index contributed by atoms with van der Waals surface area (Å²) in [4.78, 5) is 11.6. The second-order valence-corrected chi connectivity index (χ2v) is 4.16. The molecule has 2 heteroatoms. The Hall–Kier alpha value is -0.370. The van der Waals surface area contributed by atoms with Gasteiger partial charge in [0.15, 0.2) is 5.78 Å². The van der Waals surface area contributed by atoms with Crippen molar-refractivity contribution in [2.45, 2.75) is 52.1 Å². The lowest BCUT2D eigenvalue weighted by Crippen LogP contribution is -2.36. The van der Waals surface area contributed by atoms with Gasteiger partial charge in [0.25, 0.3) is 0 Å². The van der Waals surface area contributed by atoms with E-state index in [9.17, 15) is 9.90 Å². The lowest BCUT2D eigenvalue weighted by atomic mass is 9.71. The number of rotatable bonds is 2. The number of hydrogen-bond donors (Lipinski definition) is 1. The normalized spacial score (nSPS) is 24.9. The molecular formula is C10H18O2. The Morgan fingerprint density at radius 3 is 2.25 bits per heavy atom. The van der Waals surface area contributed by atoms with Gasteiger partial charge in [-0.3, -0.25) is 4.79 Å². The molecule has 0 spiro atoms. The van der Waals surface area contributed by atoms with Crippen molar-refractivity contribution < 1.29 is 9.90 Å². The SMILES string of the molecule is CC(O)C(=O)C1(C)CCCCC1. The zero-order valence-electron chi connectivity index (χ0n) is 7.97. The van der Waals surface area contributed by atoms with Crippen molar-refractivity contribution in [1.29, 1.82) is 0 Å². The standard InChI is InChI=1S/C10H18O2/c1-8(11)9(12)10(2)6-4-3-5-7-10/h8,11H,3-7H2,1-2H3. The molecule has 0 heterocycles. The van der Waals surface area contributed by atoms with Gasteiger partial charge in [-0.25, -0.2) is 0 Å². The van der Waals surface area contributed by atoms with Gasteiger partial charge in [-0.05, 0) is 19.8 Å². The molecule has 0 bridgehead atoms. The number of carbonyl (C=O) groups is 1. The van der Waals surface area contributed by atoms with Gasteiger partial charge in [-0.2, -0.15) is 0 Å². The first-order chi connectivity index (χ1) is 5.56. The summed E-state index contributed by atoms with van der Waals surface area (Å²) in [5, 5.41) is 9.19. The van der Waals surface area contributed by atoms with Gasteiger partial charge in [0.05, 0.1) is 0 Å². The number of hydrogen-bond acceptors (Lipinski definition) is 2. The zero-order chi connectivity index (χ0) is 9.19. The van der Waals surface area contributed by atoms with Crippen molar-refractivity contribution in [2.75, 3.05) is 0 Å². The fourth-order valence-electron chi connectivity index (χ4n) is 2.08. The Bertz CT molecular complexity index is 167. The molecule has 0 aromatic carbocycles. The molecule has 1 fully saturated rings. The summed E-state index contributed by atoms with van der Waals surface area (Å²) in [5.74, 6) is 0.0298. The van der Waals surface area contributed by atoms with Crippen LogP contribution in [0.25, 0.3) is 0 Å². The van der Waals surface area contributed by atoms with Crippen molar-refractivity contribution >= 4 is 5.78 Å². The first-order valence-electron chi connectivity index (χ1n) is 4.79. The van der Waals surface area contributed by atoms with Gasteiger partial charge in [0, 0.05) is 5.41 Å². The van der Waals surface area contributed by atoms with Gasteiger partial charge in [-0.1, -0.05) is 26.2 Å². The van der Waals surface area contributed by atoms with Gasteiger partial charge < -0.3 is 5.11 Å². The molecule has 1 atom stereocenters. The Kier molecular flexibility index (Phi) is 2.89. The van der Waals surface area contributed by atoms with Crippen molar-refractivity contribution in [3.05, 3.63) is 0 Å². The highest BCUT2D eigenvalue weighted by Gasteiger charge is 2.36. The van der Waals surface area contributed by atoms with E-state index >= 15 is 0 Å². The second-order valence-electron chi connectivity index (χ2n) is 4.16. The molecule has 0 saturated heterocycles. The van der Waals surface area contributed by atoms with Crippen LogP contribution in [-0.4, -0.2) is 17.0 Å². The predicted octanol–water partition coefficient (Wildman–Crippen LogP) is 1.91. The van der Waals surface area contributed by atoms with Crippen LogP contribution in [0.1, 0.15) is 46.0 Å². The maximum Gasteiger partial charge on any atom is 0.166 e. The van der Waals surface area contributed by atoms with Crippen LogP contribution in [0.4, 0.5) is 0 Å². The van der Waals surface area contributed by atoms with E-state index in [-0.39, 0.29) is 11.2 Å². The van der Waals surface area contributed by atoms with Crippen LogP contribution >= 0.6 is 0 Å². The fourth-order valence-corrected chi connectivity index (χ4v) is 2.08. The zero-order valence-corrected chi connectivity index (χ0v) is 7.97. The molecule has 1 unspecified atom stereocenters. The average Bonchev–Trinajstić information content (AvgIpc) is 2.04. The third kappa shape index (κ3) is 1.86. The van der Waals surface area contributed by atoms with E-state index in [0.717, 1.165) is 25.7 Å². The predicted molar refractivity (Wildman–Crippen MR) is 47.9 cm³/mol. The largest absolute Gasteiger partial charge is 0.386 e. The quantitative estimate of drug-likeness (QED) is 0.687. The number of Topliss-reactive ketones (excluding diaryl/α,β-unsaturated/α-hetero) is 1. The Morgan fingerprint density at radius 2 is 1.83 bits per heavy atom. The number of carbonyl (C=O) groups excluding carboxylic acids is 1. The summed E-state index contributed by atoms with van der Waals surface area (Å²) < 4.78 is 0. The topological polar surface area (TPSA) is 37.3 Å². The van der Waals surface area contributed by atoms with Crippen molar-refractivity contribution in [2.24, 2.45) is 5.41 Å². The molecule has 0 aromatic heterocycles. The van der Waals surface area contributed by atoms with Crippen LogP contribution in [0.15, 0.2) is 0 Å². The minimum atomic E-state index is -0.784. The van der Waals surface area contributed by atoms with E-state index in [2.05, 4.69) is 0 Å². The molecule has 0 radical (unpaired) electrons. The molecule has 12 heavy (non-hydrogen) atoms. The van der Waals surface area contributed by atoms with Crippen molar-refractivity contribution in [3.8, 4) is 0 Å². The molecule has 2 nitrogen and oxygen atoms in total. The molecule has 1 aliphatic carbocycles. The Labute approximate surface area is 74.0 Å². The first-order valence-corrected chi connectivity index (χ1v) is 4.79. The number of aliphatic hydroxyl groups excluding tert-OH is 1. The lowest BCUT2D eigenvalue weighted by molar-refractivity contribution is -0.137. The Balaban J connectivity index is 2.62. The highest BCUT2D eigenvalue weighted by atomic mass is 16.3. The van der Waals surface area contributed by atoms with E-state index in [4.69, 9.17) is 0 Å². The maximum absolute atomic E-state index is 11.6. The van der Waals surface area contributed by atoms with Crippen LogP contribution in [0.2, 0.25) is 0 Å². The third-order valence-electron chi connectivity index (χ3n) is 2.93. The van der Waals surface area contributed by atoms with Crippen LogP contribution in [-0.2, 0) is 4.79 Å². The monoisotopic (exact) mass is 170 g/mol. The summed E-state index contributed by atoms with van der Waals surface area (Å²) in [6, 6.07) is 0. The molecule has 1 saturated carbocycles. The molecule has 0 aliphatic heterocycles. The highest BCUT2D eigenvalue weighted by Crippen LogP contribution is 2.37. The lowest BCUT2D eigenvalue weighted by Gasteiger charge is -2.32. The van der Waals surface area contributed by atoms with E-state index in [1.165, 1.54) is 6.42 Å². The molecule has 0 amide bonds. The summed E-state index contributed by atoms with van der Waals surface area (Å²) >= 11 is 0. The van der Waals surface area contributed by atoms with Gasteiger partial charge in [0.2, 0.25) is 0 Å². The second kappa shape index (κ2) is 3.56. The molecule has 70 valence electrons. The van der Waals surface area contributed by atoms with Gasteiger partial charge in [-0.15, -0.1) is 0 Å². The van der Waals surface area contributed by atoms with Crippen molar-refractivity contribution in [1.82, 2.24) is 0 Å². The highest BCUT2D eigenvalue weighted by molar-refractivity contribution is 5.88. The van der Waals surface area contributed by atoms with E-state index in [1.54, 1.807) is 6.92 Å². The van der Waals surface area contributed by atoms with Crippen LogP contribution in [0.3, 0.4) is 0 Å². The molecule has 1 aliphatic rings. The van der Waals surface area contributed by atoms with Crippen LogP contribution in [0.5, 0.6) is 0 Å². The van der Waals surface area contributed by atoms with E-state index < -0.39 is 6.10 Å². The summed E-state index contributed by atoms with van der Waals surface area (Å²) in [5.41, 5.74) is -0.230. The summed E-state index contributed by atoms with van der Waals surface area (Å²) in [6.07, 6.45) is 4.63. The maximum atomic E-state index is 11.6. The summed E-state index contributed by atoms with van der Waals surface area (Å²) in [6.45, 7) is 3.56. The fraction of sp³-hybridized carbons (Fsp3) is 0.900. The molecule has 0 aromatic rings. The first kappa shape index (κ1) is 9.72. The van der Waals surface area contributed by atoms with Crippen LogP contribution < -0.4 is 0 Å². The van der Waals surface area contributed by atoms with Gasteiger partial charge >= 0.3 is 0 Å². The Morgan fingerprint density at radius 1 is 1.33 bits per heavy atom. The van der Waals surface area contributed by atoms with Gasteiger partial charge in [0.1, 0.15) is 6.10 Å². The average molecular weight is 170 g/mol. The smallest absolute Gasteiger partial charge is 0.166 e. The number of ketones is 1. The number of aliphatic hydroxyl groups is 1. The van der Waals surface area contributed by atoms with E-state index in [1.807, 2.05) is 6.92 Å². The van der Waals surface area contributed by atoms with E-state index in [0.29, 0.717) is 0 Å². The molecular weight excluding hydrogens is 152 g/mol.